The molecular formula is C14H12FN3O. The molecule has 2 rings (SSSR count). The van der Waals surface area contributed by atoms with Gasteiger partial charge in [0.25, 0.3) is 0 Å². The minimum absolute atomic E-state index is 0.313. The molecule has 5 heteroatoms. The van der Waals surface area contributed by atoms with Crippen molar-refractivity contribution < 1.29 is 9.13 Å². The van der Waals surface area contributed by atoms with Gasteiger partial charge in [-0.05, 0) is 18.6 Å². The molecule has 0 amide bonds. The first-order chi connectivity index (χ1) is 9.26. The number of hydrogen-bond donors (Lipinski definition) is 0. The summed E-state index contributed by atoms with van der Waals surface area (Å²) in [5.74, 6) is -0.0521. The van der Waals surface area contributed by atoms with Crippen molar-refractivity contribution in [3.8, 4) is 23.1 Å². The number of nitriles is 1. The van der Waals surface area contributed by atoms with Crippen LogP contribution in [0, 0.1) is 17.1 Å². The Morgan fingerprint density at radius 3 is 2.95 bits per heavy atom. The van der Waals surface area contributed by atoms with E-state index >= 15 is 0 Å². The lowest BCUT2D eigenvalue weighted by molar-refractivity contribution is 0.315. The van der Waals surface area contributed by atoms with Crippen LogP contribution >= 0.6 is 0 Å². The zero-order valence-corrected chi connectivity index (χ0v) is 10.4. The third-order valence-corrected chi connectivity index (χ3v) is 2.50. The predicted molar refractivity (Wildman–Crippen MR) is 67.9 cm³/mol. The van der Waals surface area contributed by atoms with Crippen molar-refractivity contribution in [1.82, 2.24) is 9.97 Å². The van der Waals surface area contributed by atoms with Gasteiger partial charge in [-0.2, -0.15) is 5.26 Å². The van der Waals surface area contributed by atoms with Gasteiger partial charge < -0.3 is 4.74 Å². The fourth-order valence-corrected chi connectivity index (χ4v) is 1.59. The molecule has 19 heavy (non-hydrogen) atoms. The van der Waals surface area contributed by atoms with Crippen LogP contribution in [0.2, 0.25) is 0 Å². The molecule has 0 radical (unpaired) electrons. The maximum absolute atomic E-state index is 13.6. The van der Waals surface area contributed by atoms with Gasteiger partial charge in [-0.15, -0.1) is 0 Å². The Bertz CT molecular complexity index is 622. The predicted octanol–water partition coefficient (Wildman–Crippen LogP) is 2.94. The summed E-state index contributed by atoms with van der Waals surface area (Å²) in [5.41, 5.74) is 1.04. The number of aromatic nitrogens is 2. The van der Waals surface area contributed by atoms with Crippen molar-refractivity contribution in [2.75, 3.05) is 6.61 Å². The topological polar surface area (TPSA) is 58.8 Å². The molecule has 0 N–H and O–H groups in total. The van der Waals surface area contributed by atoms with Crippen molar-refractivity contribution in [2.45, 2.75) is 13.3 Å². The van der Waals surface area contributed by atoms with Crippen LogP contribution in [0.5, 0.6) is 5.75 Å². The first-order valence-electron chi connectivity index (χ1n) is 5.89. The maximum atomic E-state index is 13.6. The average Bonchev–Trinajstić information content (AvgIpc) is 2.45. The number of pyridine rings is 2. The van der Waals surface area contributed by atoms with E-state index in [2.05, 4.69) is 9.97 Å². The van der Waals surface area contributed by atoms with E-state index < -0.39 is 5.82 Å². The molecule has 0 fully saturated rings. The van der Waals surface area contributed by atoms with Crippen LogP contribution in [0.25, 0.3) is 11.3 Å². The third kappa shape index (κ3) is 2.86. The maximum Gasteiger partial charge on any atom is 0.155 e. The van der Waals surface area contributed by atoms with Crippen LogP contribution in [-0.2, 0) is 0 Å². The first-order valence-corrected chi connectivity index (χ1v) is 5.89. The monoisotopic (exact) mass is 257 g/mol. The molecule has 0 saturated carbocycles. The lowest BCUT2D eigenvalue weighted by Gasteiger charge is -2.08. The minimum atomic E-state index is -0.471. The fraction of sp³-hybridized carbons (Fsp3) is 0.214. The van der Waals surface area contributed by atoms with Crippen molar-refractivity contribution in [3.05, 3.63) is 42.1 Å². The van der Waals surface area contributed by atoms with Gasteiger partial charge in [0.05, 0.1) is 30.3 Å². The second kappa shape index (κ2) is 5.91. The lowest BCUT2D eigenvalue weighted by atomic mass is 10.1. The van der Waals surface area contributed by atoms with E-state index in [-0.39, 0.29) is 0 Å². The van der Waals surface area contributed by atoms with Crippen LogP contribution < -0.4 is 4.74 Å². The Morgan fingerprint density at radius 1 is 1.42 bits per heavy atom. The van der Waals surface area contributed by atoms with Crippen LogP contribution in [0.1, 0.15) is 18.9 Å². The molecule has 0 saturated heterocycles. The molecule has 0 atom stereocenters. The number of rotatable bonds is 4. The standard InChI is InChI=1S/C14H12FN3O/c1-2-5-19-14-9-18-13(6-10(14)7-16)11-3-4-17-8-12(11)15/h3-4,6,8-9H,2,5H2,1H3. The van der Waals surface area contributed by atoms with E-state index in [1.807, 2.05) is 13.0 Å². The Balaban J connectivity index is 2.40. The van der Waals surface area contributed by atoms with Gasteiger partial charge in [0.2, 0.25) is 0 Å². The summed E-state index contributed by atoms with van der Waals surface area (Å²) >= 11 is 0. The van der Waals surface area contributed by atoms with Gasteiger partial charge in [0, 0.05) is 11.8 Å². The quantitative estimate of drug-likeness (QED) is 0.844. The molecule has 2 aromatic heterocycles. The third-order valence-electron chi connectivity index (χ3n) is 2.50. The van der Waals surface area contributed by atoms with Gasteiger partial charge in [-0.3, -0.25) is 9.97 Å². The fourth-order valence-electron chi connectivity index (χ4n) is 1.59. The minimum Gasteiger partial charge on any atom is -0.491 e. The van der Waals surface area contributed by atoms with Gasteiger partial charge in [0.1, 0.15) is 6.07 Å². The second-order valence-electron chi connectivity index (χ2n) is 3.88. The van der Waals surface area contributed by atoms with E-state index in [0.717, 1.165) is 12.6 Å². The molecule has 2 heterocycles. The summed E-state index contributed by atoms with van der Waals surface area (Å²) in [4.78, 5) is 7.81. The lowest BCUT2D eigenvalue weighted by Crippen LogP contribution is -1.99. The number of ether oxygens (including phenoxy) is 1. The average molecular weight is 257 g/mol. The normalized spacial score (nSPS) is 9.95. The molecule has 0 bridgehead atoms. The van der Waals surface area contributed by atoms with Crippen LogP contribution in [0.15, 0.2) is 30.7 Å². The highest BCUT2D eigenvalue weighted by Gasteiger charge is 2.10. The molecular weight excluding hydrogens is 245 g/mol. The summed E-state index contributed by atoms with van der Waals surface area (Å²) in [6.07, 6.45) is 4.88. The van der Waals surface area contributed by atoms with Crippen molar-refractivity contribution >= 4 is 0 Å². The molecule has 0 aliphatic heterocycles. The van der Waals surface area contributed by atoms with Crippen molar-refractivity contribution in [2.24, 2.45) is 0 Å². The molecule has 0 unspecified atom stereocenters. The van der Waals surface area contributed by atoms with Gasteiger partial charge in [0.15, 0.2) is 11.6 Å². The highest BCUT2D eigenvalue weighted by atomic mass is 19.1. The number of nitrogens with zero attached hydrogens (tertiary/aromatic N) is 3. The van der Waals surface area contributed by atoms with Crippen LogP contribution in [-0.4, -0.2) is 16.6 Å². The van der Waals surface area contributed by atoms with Crippen LogP contribution in [0.3, 0.4) is 0 Å². The Hall–Kier alpha value is -2.48. The SMILES string of the molecule is CCCOc1cnc(-c2ccncc2F)cc1C#N. The number of halogens is 1. The summed E-state index contributed by atoms with van der Waals surface area (Å²) in [5, 5.41) is 9.09. The zero-order chi connectivity index (χ0) is 13.7. The van der Waals surface area contributed by atoms with E-state index in [0.29, 0.717) is 29.2 Å². The molecule has 0 spiro atoms. The van der Waals surface area contributed by atoms with Gasteiger partial charge in [-0.1, -0.05) is 6.92 Å². The highest BCUT2D eigenvalue weighted by Crippen LogP contribution is 2.25. The van der Waals surface area contributed by atoms with Gasteiger partial charge in [-0.25, -0.2) is 4.39 Å². The van der Waals surface area contributed by atoms with Crippen molar-refractivity contribution in [3.63, 3.8) is 0 Å². The van der Waals surface area contributed by atoms with Crippen LogP contribution in [0.4, 0.5) is 4.39 Å². The van der Waals surface area contributed by atoms with E-state index in [1.165, 1.54) is 24.5 Å². The van der Waals surface area contributed by atoms with E-state index in [4.69, 9.17) is 10.00 Å². The number of hydrogen-bond acceptors (Lipinski definition) is 4. The molecule has 0 aliphatic carbocycles. The zero-order valence-electron chi connectivity index (χ0n) is 10.4. The largest absolute Gasteiger partial charge is 0.491 e. The summed E-state index contributed by atoms with van der Waals surface area (Å²) in [6, 6.07) is 5.07. The molecule has 4 nitrogen and oxygen atoms in total. The van der Waals surface area contributed by atoms with E-state index in [1.54, 1.807) is 0 Å². The van der Waals surface area contributed by atoms with Crippen molar-refractivity contribution in [1.29, 1.82) is 5.26 Å². The van der Waals surface area contributed by atoms with E-state index in [9.17, 15) is 4.39 Å². The Morgan fingerprint density at radius 2 is 2.26 bits per heavy atom. The summed E-state index contributed by atoms with van der Waals surface area (Å²) < 4.78 is 19.0. The second-order valence-corrected chi connectivity index (χ2v) is 3.88. The molecule has 96 valence electrons. The summed E-state index contributed by atoms with van der Waals surface area (Å²) in [7, 11) is 0. The summed E-state index contributed by atoms with van der Waals surface area (Å²) in [6.45, 7) is 2.49. The highest BCUT2D eigenvalue weighted by molar-refractivity contribution is 5.62. The molecule has 0 aliphatic rings. The Labute approximate surface area is 110 Å². The molecule has 0 aromatic carbocycles. The molecule has 2 aromatic rings. The van der Waals surface area contributed by atoms with Gasteiger partial charge >= 0.3 is 0 Å². The first kappa shape index (κ1) is 13.0. The smallest absolute Gasteiger partial charge is 0.155 e. The Kier molecular flexibility index (Phi) is 4.04.